The third-order valence-corrected chi connectivity index (χ3v) is 4.18. The van der Waals surface area contributed by atoms with Crippen LogP contribution in [0.2, 0.25) is 0 Å². The monoisotopic (exact) mass is 210 g/mol. The van der Waals surface area contributed by atoms with Crippen LogP contribution in [0, 0.1) is 5.92 Å². The van der Waals surface area contributed by atoms with Crippen molar-refractivity contribution in [3.8, 4) is 0 Å². The molecule has 1 aliphatic carbocycles. The van der Waals surface area contributed by atoms with Gasteiger partial charge in [-0.2, -0.15) is 0 Å². The Labute approximate surface area is 94.2 Å². The van der Waals surface area contributed by atoms with Gasteiger partial charge in [0.2, 0.25) is 0 Å². The first-order chi connectivity index (χ1) is 7.36. The Morgan fingerprint density at radius 2 is 1.80 bits per heavy atom. The third kappa shape index (κ3) is 3.46. The molecule has 2 N–H and O–H groups in total. The molecule has 2 heteroatoms. The lowest BCUT2D eigenvalue weighted by atomic mass is 9.97. The number of hydrogen-bond acceptors (Lipinski definition) is 2. The molecule has 2 aliphatic rings. The van der Waals surface area contributed by atoms with E-state index in [4.69, 9.17) is 0 Å². The van der Waals surface area contributed by atoms with Gasteiger partial charge in [-0.3, -0.25) is 0 Å². The summed E-state index contributed by atoms with van der Waals surface area (Å²) in [5.74, 6) is 0.959. The van der Waals surface area contributed by atoms with Crippen molar-refractivity contribution in [1.82, 2.24) is 10.6 Å². The Balaban J connectivity index is 1.73. The molecule has 1 aliphatic heterocycles. The molecular weight excluding hydrogens is 184 g/mol. The minimum Gasteiger partial charge on any atom is -0.317 e. The van der Waals surface area contributed by atoms with Crippen LogP contribution in [0.4, 0.5) is 0 Å². The van der Waals surface area contributed by atoms with Crippen molar-refractivity contribution in [2.75, 3.05) is 13.1 Å². The Kier molecular flexibility index (Phi) is 4.45. The molecule has 88 valence electrons. The molecule has 1 saturated heterocycles. The van der Waals surface area contributed by atoms with Crippen LogP contribution in [0.25, 0.3) is 0 Å². The molecule has 2 fully saturated rings. The van der Waals surface area contributed by atoms with Gasteiger partial charge in [-0.1, -0.05) is 12.8 Å². The van der Waals surface area contributed by atoms with Gasteiger partial charge in [-0.15, -0.1) is 0 Å². The van der Waals surface area contributed by atoms with Gasteiger partial charge < -0.3 is 10.6 Å². The Hall–Kier alpha value is -0.0800. The largest absolute Gasteiger partial charge is 0.317 e. The van der Waals surface area contributed by atoms with E-state index >= 15 is 0 Å². The summed E-state index contributed by atoms with van der Waals surface area (Å²) in [4.78, 5) is 0. The molecule has 0 aromatic heterocycles. The highest BCUT2D eigenvalue weighted by molar-refractivity contribution is 4.82. The number of rotatable bonds is 3. The normalized spacial score (nSPS) is 31.4. The maximum atomic E-state index is 3.86. The number of hydrogen-bond donors (Lipinski definition) is 2. The SMILES string of the molecule is C[C@H](NC1CCCNCC1)C1CCCC1. The van der Waals surface area contributed by atoms with E-state index in [-0.39, 0.29) is 0 Å². The molecule has 2 atom stereocenters. The van der Waals surface area contributed by atoms with Crippen LogP contribution in [0.5, 0.6) is 0 Å². The van der Waals surface area contributed by atoms with Crippen LogP contribution in [0.1, 0.15) is 51.9 Å². The molecule has 0 amide bonds. The summed E-state index contributed by atoms with van der Waals surface area (Å²) < 4.78 is 0. The van der Waals surface area contributed by atoms with E-state index in [0.717, 1.165) is 18.0 Å². The topological polar surface area (TPSA) is 24.1 Å². The lowest BCUT2D eigenvalue weighted by molar-refractivity contribution is 0.326. The Morgan fingerprint density at radius 3 is 2.60 bits per heavy atom. The molecule has 1 saturated carbocycles. The van der Waals surface area contributed by atoms with Gasteiger partial charge in [0, 0.05) is 12.1 Å². The predicted molar refractivity (Wildman–Crippen MR) is 65.1 cm³/mol. The fourth-order valence-electron chi connectivity index (χ4n) is 3.15. The van der Waals surface area contributed by atoms with Crippen molar-refractivity contribution >= 4 is 0 Å². The summed E-state index contributed by atoms with van der Waals surface area (Å²) in [5, 5.41) is 7.34. The first kappa shape index (κ1) is 11.4. The molecule has 0 aromatic rings. The molecule has 0 bridgehead atoms. The van der Waals surface area contributed by atoms with Crippen molar-refractivity contribution in [2.24, 2.45) is 5.92 Å². The molecule has 2 nitrogen and oxygen atoms in total. The summed E-state index contributed by atoms with van der Waals surface area (Å²) in [6.07, 6.45) is 9.86. The van der Waals surface area contributed by atoms with Gasteiger partial charge in [-0.25, -0.2) is 0 Å². The van der Waals surface area contributed by atoms with Crippen molar-refractivity contribution in [2.45, 2.75) is 64.0 Å². The number of nitrogens with one attached hydrogen (secondary N) is 2. The van der Waals surface area contributed by atoms with E-state index in [9.17, 15) is 0 Å². The third-order valence-electron chi connectivity index (χ3n) is 4.18. The summed E-state index contributed by atoms with van der Waals surface area (Å²) in [6.45, 7) is 4.82. The molecule has 15 heavy (non-hydrogen) atoms. The lowest BCUT2D eigenvalue weighted by Gasteiger charge is -2.26. The summed E-state index contributed by atoms with van der Waals surface area (Å²) in [6, 6.07) is 1.52. The highest BCUT2D eigenvalue weighted by atomic mass is 15.0. The molecule has 0 aromatic carbocycles. The van der Waals surface area contributed by atoms with Crippen molar-refractivity contribution in [3.63, 3.8) is 0 Å². The van der Waals surface area contributed by atoms with E-state index < -0.39 is 0 Å². The Bertz CT molecular complexity index is 167. The quantitative estimate of drug-likeness (QED) is 0.747. The zero-order chi connectivity index (χ0) is 10.5. The van der Waals surface area contributed by atoms with Gasteiger partial charge in [0.05, 0.1) is 0 Å². The van der Waals surface area contributed by atoms with Gasteiger partial charge in [0.1, 0.15) is 0 Å². The first-order valence-electron chi connectivity index (χ1n) is 6.83. The van der Waals surface area contributed by atoms with Gasteiger partial charge in [-0.05, 0) is 58.0 Å². The van der Waals surface area contributed by atoms with Crippen LogP contribution < -0.4 is 10.6 Å². The standard InChI is InChI=1S/C13H26N2/c1-11(12-5-2-3-6-12)15-13-7-4-9-14-10-8-13/h11-15H,2-10H2,1H3/t11-,13?/m0/s1. The average Bonchev–Trinajstić information content (AvgIpc) is 2.65. The lowest BCUT2D eigenvalue weighted by Crippen LogP contribution is -2.40. The van der Waals surface area contributed by atoms with Crippen LogP contribution in [0.3, 0.4) is 0 Å². The second-order valence-corrected chi connectivity index (χ2v) is 5.38. The first-order valence-corrected chi connectivity index (χ1v) is 6.83. The maximum Gasteiger partial charge on any atom is 0.00822 e. The minimum absolute atomic E-state index is 0.746. The summed E-state index contributed by atoms with van der Waals surface area (Å²) in [7, 11) is 0. The predicted octanol–water partition coefficient (Wildman–Crippen LogP) is 2.30. The van der Waals surface area contributed by atoms with Crippen LogP contribution in [0.15, 0.2) is 0 Å². The molecule has 1 heterocycles. The second kappa shape index (κ2) is 5.86. The van der Waals surface area contributed by atoms with E-state index in [0.29, 0.717) is 0 Å². The highest BCUT2D eigenvalue weighted by Gasteiger charge is 2.23. The van der Waals surface area contributed by atoms with Crippen LogP contribution in [-0.2, 0) is 0 Å². The smallest absolute Gasteiger partial charge is 0.00822 e. The highest BCUT2D eigenvalue weighted by Crippen LogP contribution is 2.28. The second-order valence-electron chi connectivity index (χ2n) is 5.38. The Morgan fingerprint density at radius 1 is 1.00 bits per heavy atom. The van der Waals surface area contributed by atoms with Gasteiger partial charge >= 0.3 is 0 Å². The zero-order valence-electron chi connectivity index (χ0n) is 10.1. The van der Waals surface area contributed by atoms with E-state index in [1.54, 1.807) is 0 Å². The van der Waals surface area contributed by atoms with Gasteiger partial charge in [0.15, 0.2) is 0 Å². The van der Waals surface area contributed by atoms with Crippen LogP contribution in [-0.4, -0.2) is 25.2 Å². The van der Waals surface area contributed by atoms with Crippen molar-refractivity contribution in [3.05, 3.63) is 0 Å². The fraction of sp³-hybridized carbons (Fsp3) is 1.00. The van der Waals surface area contributed by atoms with E-state index in [1.807, 2.05) is 0 Å². The summed E-state index contributed by atoms with van der Waals surface area (Å²) >= 11 is 0. The zero-order valence-corrected chi connectivity index (χ0v) is 10.1. The molecular formula is C13H26N2. The minimum atomic E-state index is 0.746. The maximum absolute atomic E-state index is 3.86. The van der Waals surface area contributed by atoms with E-state index in [1.165, 1.54) is 58.0 Å². The van der Waals surface area contributed by atoms with Crippen molar-refractivity contribution < 1.29 is 0 Å². The molecule has 1 unspecified atom stereocenters. The van der Waals surface area contributed by atoms with Gasteiger partial charge in [0.25, 0.3) is 0 Å². The molecule has 0 spiro atoms. The van der Waals surface area contributed by atoms with Crippen molar-refractivity contribution in [1.29, 1.82) is 0 Å². The van der Waals surface area contributed by atoms with E-state index in [2.05, 4.69) is 17.6 Å². The average molecular weight is 210 g/mol. The fourth-order valence-corrected chi connectivity index (χ4v) is 3.15. The summed E-state index contributed by atoms with van der Waals surface area (Å²) in [5.41, 5.74) is 0. The molecule has 0 radical (unpaired) electrons. The van der Waals surface area contributed by atoms with Crippen LogP contribution >= 0.6 is 0 Å². The molecule has 2 rings (SSSR count).